The molecule has 0 bridgehead atoms. The molecule has 8 heteroatoms. The van der Waals surface area contributed by atoms with Crippen molar-refractivity contribution in [3.8, 4) is 11.1 Å². The van der Waals surface area contributed by atoms with Crippen molar-refractivity contribution in [3.05, 3.63) is 66.9 Å². The summed E-state index contributed by atoms with van der Waals surface area (Å²) in [7, 11) is 0. The molecule has 116 valence electrons. The lowest BCUT2D eigenvalue weighted by atomic mass is 10.0. The number of halogens is 1. The maximum Gasteiger partial charge on any atom is 0.266 e. The van der Waals surface area contributed by atoms with Gasteiger partial charge < -0.3 is 0 Å². The molecular formula is C15H12ClN5OS. The number of thiazole rings is 1. The van der Waals surface area contributed by atoms with Crippen molar-refractivity contribution in [1.29, 1.82) is 0 Å². The molecule has 0 aliphatic carbocycles. The Kier molecular flexibility index (Phi) is 4.09. The van der Waals surface area contributed by atoms with Crippen LogP contribution in [0.3, 0.4) is 0 Å². The average molecular weight is 346 g/mol. The average Bonchev–Trinajstić information content (AvgIpc) is 2.90. The molecule has 0 aliphatic heterocycles. The van der Waals surface area contributed by atoms with Gasteiger partial charge in [0.1, 0.15) is 0 Å². The molecule has 3 aromatic rings. The van der Waals surface area contributed by atoms with E-state index in [1.807, 2.05) is 12.3 Å². The molecule has 0 N–H and O–H groups in total. The largest absolute Gasteiger partial charge is 0.268 e. The first-order valence-corrected chi connectivity index (χ1v) is 8.10. The van der Waals surface area contributed by atoms with Crippen LogP contribution >= 0.6 is 22.9 Å². The fourth-order valence-electron chi connectivity index (χ4n) is 2.45. The zero-order valence-electron chi connectivity index (χ0n) is 12.4. The fourth-order valence-corrected chi connectivity index (χ4v) is 3.54. The molecule has 1 aromatic carbocycles. The number of hydrogen-bond donors (Lipinski definition) is 0. The molecule has 0 amide bonds. The predicted molar refractivity (Wildman–Crippen MR) is 92.1 cm³/mol. The van der Waals surface area contributed by atoms with Crippen LogP contribution in [0.4, 0.5) is 0 Å². The zero-order chi connectivity index (χ0) is 16.6. The normalized spacial score (nSPS) is 12.1. The van der Waals surface area contributed by atoms with Gasteiger partial charge in [0.2, 0.25) is 0 Å². The van der Waals surface area contributed by atoms with E-state index in [1.165, 1.54) is 11.3 Å². The van der Waals surface area contributed by atoms with Crippen molar-refractivity contribution in [2.75, 3.05) is 0 Å². The summed E-state index contributed by atoms with van der Waals surface area (Å²) < 4.78 is 1.55. The highest BCUT2D eigenvalue weighted by atomic mass is 35.5. The van der Waals surface area contributed by atoms with Crippen molar-refractivity contribution in [3.63, 3.8) is 0 Å². The second kappa shape index (κ2) is 6.04. The van der Waals surface area contributed by atoms with Crippen LogP contribution in [0.1, 0.15) is 24.4 Å². The summed E-state index contributed by atoms with van der Waals surface area (Å²) >= 11 is 7.64. The Labute approximate surface area is 140 Å². The minimum absolute atomic E-state index is 0.211. The molecule has 1 unspecified atom stereocenters. The number of benzene rings is 1. The van der Waals surface area contributed by atoms with Crippen molar-refractivity contribution in [2.45, 2.75) is 19.9 Å². The predicted octanol–water partition coefficient (Wildman–Crippen LogP) is 4.76. The van der Waals surface area contributed by atoms with Crippen molar-refractivity contribution in [1.82, 2.24) is 9.38 Å². The van der Waals surface area contributed by atoms with Crippen LogP contribution in [0.2, 0.25) is 5.02 Å². The molecular weight excluding hydrogens is 334 g/mol. The van der Waals surface area contributed by atoms with Crippen LogP contribution in [0, 0.1) is 6.92 Å². The Morgan fingerprint density at radius 1 is 1.43 bits per heavy atom. The summed E-state index contributed by atoms with van der Waals surface area (Å²) in [6, 6.07) is 6.50. The van der Waals surface area contributed by atoms with Gasteiger partial charge in [0.05, 0.1) is 17.3 Å². The topological polar surface area (TPSA) is 83.1 Å². The van der Waals surface area contributed by atoms with Gasteiger partial charge in [-0.15, -0.1) is 11.3 Å². The van der Waals surface area contributed by atoms with Crippen LogP contribution in [0.15, 0.2) is 39.6 Å². The molecule has 23 heavy (non-hydrogen) atoms. The lowest BCUT2D eigenvalue weighted by Crippen LogP contribution is -2.20. The summed E-state index contributed by atoms with van der Waals surface area (Å²) in [4.78, 5) is 21.0. The molecule has 0 saturated heterocycles. The monoisotopic (exact) mass is 345 g/mol. The van der Waals surface area contributed by atoms with Gasteiger partial charge in [0.15, 0.2) is 4.96 Å². The zero-order valence-corrected chi connectivity index (χ0v) is 14.0. The van der Waals surface area contributed by atoms with Crippen LogP contribution < -0.4 is 5.56 Å². The van der Waals surface area contributed by atoms with E-state index in [4.69, 9.17) is 17.1 Å². The van der Waals surface area contributed by atoms with Gasteiger partial charge in [0.25, 0.3) is 5.56 Å². The Morgan fingerprint density at radius 2 is 2.17 bits per heavy atom. The highest BCUT2D eigenvalue weighted by Crippen LogP contribution is 2.32. The number of fused-ring (bicyclic) bond motifs is 1. The number of azide groups is 1. The number of aromatic nitrogens is 2. The van der Waals surface area contributed by atoms with E-state index in [2.05, 4.69) is 15.0 Å². The Hall–Kier alpha value is -2.34. The minimum atomic E-state index is -0.577. The Morgan fingerprint density at radius 3 is 2.87 bits per heavy atom. The second-order valence-corrected chi connectivity index (χ2v) is 6.28. The van der Waals surface area contributed by atoms with E-state index in [9.17, 15) is 4.79 Å². The molecule has 2 heterocycles. The summed E-state index contributed by atoms with van der Waals surface area (Å²) in [5.74, 6) is 0. The van der Waals surface area contributed by atoms with Gasteiger partial charge in [-0.1, -0.05) is 41.8 Å². The van der Waals surface area contributed by atoms with Gasteiger partial charge in [-0.3, -0.25) is 9.20 Å². The molecule has 0 fully saturated rings. The molecule has 0 spiro atoms. The molecule has 3 rings (SSSR count). The fraction of sp³-hybridized carbons (Fsp3) is 0.200. The van der Waals surface area contributed by atoms with E-state index < -0.39 is 6.04 Å². The maximum absolute atomic E-state index is 13.0. The number of nitrogens with zero attached hydrogens (tertiary/aromatic N) is 5. The quantitative estimate of drug-likeness (QED) is 0.389. The summed E-state index contributed by atoms with van der Waals surface area (Å²) in [6.45, 7) is 3.55. The van der Waals surface area contributed by atoms with Gasteiger partial charge in [-0.25, -0.2) is 4.98 Å². The standard InChI is InChI=1S/C15H12ClN5OS/c1-8-7-23-15-18-13(9(2)19-20-17)12(14(22)21(8)15)10-5-3-4-6-11(10)16/h3-7,9H,1-2H3. The van der Waals surface area contributed by atoms with Crippen LogP contribution in [0.5, 0.6) is 0 Å². The summed E-state index contributed by atoms with van der Waals surface area (Å²) in [5.41, 5.74) is 10.7. The number of aryl methyl sites for hydroxylation is 1. The summed E-state index contributed by atoms with van der Waals surface area (Å²) in [6.07, 6.45) is 0. The third-order valence-corrected chi connectivity index (χ3v) is 4.81. The van der Waals surface area contributed by atoms with Crippen molar-refractivity contribution in [2.24, 2.45) is 5.11 Å². The third kappa shape index (κ3) is 2.59. The Bertz CT molecular complexity index is 1000. The van der Waals surface area contributed by atoms with Crippen LogP contribution in [0.25, 0.3) is 26.5 Å². The highest BCUT2D eigenvalue weighted by Gasteiger charge is 2.21. The van der Waals surface area contributed by atoms with E-state index in [0.717, 1.165) is 5.69 Å². The van der Waals surface area contributed by atoms with Crippen molar-refractivity contribution >= 4 is 27.9 Å². The van der Waals surface area contributed by atoms with Gasteiger partial charge in [-0.05, 0) is 18.5 Å². The Balaban J connectivity index is 2.46. The summed E-state index contributed by atoms with van der Waals surface area (Å²) in [5, 5.41) is 6.01. The molecule has 2 aromatic heterocycles. The number of hydrogen-bond acceptors (Lipinski definition) is 4. The molecule has 1 atom stereocenters. The first-order chi connectivity index (χ1) is 11.0. The second-order valence-electron chi connectivity index (χ2n) is 5.03. The van der Waals surface area contributed by atoms with E-state index in [0.29, 0.717) is 26.8 Å². The SMILES string of the molecule is Cc1csc2nc(C(C)N=[N+]=[N-])c(-c3ccccc3Cl)c(=O)n12. The maximum atomic E-state index is 13.0. The first-order valence-electron chi connectivity index (χ1n) is 6.84. The van der Waals surface area contributed by atoms with E-state index >= 15 is 0 Å². The van der Waals surface area contributed by atoms with Gasteiger partial charge in [0, 0.05) is 26.6 Å². The first kappa shape index (κ1) is 15.6. The van der Waals surface area contributed by atoms with Gasteiger partial charge >= 0.3 is 0 Å². The number of rotatable bonds is 3. The van der Waals surface area contributed by atoms with E-state index in [-0.39, 0.29) is 5.56 Å². The van der Waals surface area contributed by atoms with Crippen LogP contribution in [-0.2, 0) is 0 Å². The van der Waals surface area contributed by atoms with Crippen molar-refractivity contribution < 1.29 is 0 Å². The molecule has 0 aliphatic rings. The lowest BCUT2D eigenvalue weighted by Gasteiger charge is -2.13. The highest BCUT2D eigenvalue weighted by molar-refractivity contribution is 7.15. The smallest absolute Gasteiger partial charge is 0.266 e. The minimum Gasteiger partial charge on any atom is -0.268 e. The van der Waals surface area contributed by atoms with Gasteiger partial charge in [-0.2, -0.15) is 0 Å². The third-order valence-electron chi connectivity index (χ3n) is 3.53. The molecule has 6 nitrogen and oxygen atoms in total. The molecule has 0 radical (unpaired) electrons. The lowest BCUT2D eigenvalue weighted by molar-refractivity contribution is 0.770. The van der Waals surface area contributed by atoms with E-state index in [1.54, 1.807) is 35.6 Å². The van der Waals surface area contributed by atoms with Crippen LogP contribution in [-0.4, -0.2) is 9.38 Å². The molecule has 0 saturated carbocycles.